The highest BCUT2D eigenvalue weighted by atomic mass is 16.5. The van der Waals surface area contributed by atoms with Crippen LogP contribution in [-0.2, 0) is 4.79 Å². The van der Waals surface area contributed by atoms with Gasteiger partial charge >= 0.3 is 0 Å². The van der Waals surface area contributed by atoms with Gasteiger partial charge in [-0.1, -0.05) is 0 Å². The summed E-state index contributed by atoms with van der Waals surface area (Å²) in [7, 11) is 3.13. The molecule has 180 valence electrons. The molecule has 0 saturated heterocycles. The van der Waals surface area contributed by atoms with Crippen LogP contribution in [0.3, 0.4) is 0 Å². The first-order valence-electron chi connectivity index (χ1n) is 10.7. The molecule has 0 spiro atoms. The maximum atomic E-state index is 12.3. The fourth-order valence-electron chi connectivity index (χ4n) is 3.33. The average Bonchev–Trinajstić information content (AvgIpc) is 3.29. The first-order chi connectivity index (χ1) is 17.0. The number of ether oxygens (including phenoxy) is 3. The first-order valence-corrected chi connectivity index (χ1v) is 10.7. The van der Waals surface area contributed by atoms with Crippen molar-refractivity contribution in [2.45, 2.75) is 6.92 Å². The van der Waals surface area contributed by atoms with E-state index in [1.807, 2.05) is 6.07 Å². The Kier molecular flexibility index (Phi) is 7.05. The van der Waals surface area contributed by atoms with Crippen molar-refractivity contribution >= 4 is 23.1 Å². The van der Waals surface area contributed by atoms with Crippen LogP contribution in [0.2, 0.25) is 0 Å². The molecule has 11 heteroatoms. The number of hydrogen-bond acceptors (Lipinski definition) is 8. The minimum Gasteiger partial charge on any atom is -0.493 e. The summed E-state index contributed by atoms with van der Waals surface area (Å²) in [5.41, 5.74) is 2.40. The summed E-state index contributed by atoms with van der Waals surface area (Å²) in [5.74, 6) is 1.62. The summed E-state index contributed by atoms with van der Waals surface area (Å²) >= 11 is 0. The molecule has 11 nitrogen and oxygen atoms in total. The van der Waals surface area contributed by atoms with E-state index in [-0.39, 0.29) is 25.0 Å². The highest BCUT2D eigenvalue weighted by Gasteiger charge is 2.14. The standard InChI is InChI=1S/C24H24N6O5/c1-15(31)26-18-7-4-16(5-8-18)24(32)25-12-13-35-22-11-10-21-27-28-23(30(21)29-22)17-6-9-19(33-2)20(14-17)34-3/h4-11,14H,12-13H2,1-3H3,(H,25,32)(H,26,31). The van der Waals surface area contributed by atoms with Crippen molar-refractivity contribution < 1.29 is 23.8 Å². The van der Waals surface area contributed by atoms with Crippen LogP contribution in [0.4, 0.5) is 5.69 Å². The van der Waals surface area contributed by atoms with Gasteiger partial charge in [0.2, 0.25) is 11.8 Å². The molecule has 0 fully saturated rings. The number of carbonyl (C=O) groups is 2. The minimum atomic E-state index is -0.249. The van der Waals surface area contributed by atoms with Gasteiger partial charge in [-0.3, -0.25) is 9.59 Å². The van der Waals surface area contributed by atoms with E-state index in [0.29, 0.717) is 40.1 Å². The molecule has 2 heterocycles. The Labute approximate surface area is 201 Å². The van der Waals surface area contributed by atoms with Crippen molar-refractivity contribution in [3.63, 3.8) is 0 Å². The van der Waals surface area contributed by atoms with Gasteiger partial charge in [-0.05, 0) is 48.5 Å². The van der Waals surface area contributed by atoms with E-state index in [9.17, 15) is 9.59 Å². The van der Waals surface area contributed by atoms with Crippen LogP contribution in [0.5, 0.6) is 17.4 Å². The molecule has 0 aliphatic heterocycles. The smallest absolute Gasteiger partial charge is 0.251 e. The molecule has 0 saturated carbocycles. The molecule has 2 aromatic carbocycles. The molecule has 2 amide bonds. The lowest BCUT2D eigenvalue weighted by molar-refractivity contribution is -0.114. The number of rotatable bonds is 9. The fourth-order valence-corrected chi connectivity index (χ4v) is 3.33. The first kappa shape index (κ1) is 23.5. The van der Waals surface area contributed by atoms with Crippen molar-refractivity contribution in [2.24, 2.45) is 0 Å². The maximum absolute atomic E-state index is 12.3. The van der Waals surface area contributed by atoms with Crippen LogP contribution in [0.25, 0.3) is 17.0 Å². The van der Waals surface area contributed by atoms with E-state index in [1.54, 1.807) is 67.3 Å². The topological polar surface area (TPSA) is 129 Å². The zero-order valence-electron chi connectivity index (χ0n) is 19.4. The van der Waals surface area contributed by atoms with Crippen molar-refractivity contribution in [1.29, 1.82) is 0 Å². The Morgan fingerprint density at radius 3 is 2.43 bits per heavy atom. The van der Waals surface area contributed by atoms with Crippen molar-refractivity contribution in [3.05, 3.63) is 60.2 Å². The monoisotopic (exact) mass is 476 g/mol. The number of nitrogens with one attached hydrogen (secondary N) is 2. The van der Waals surface area contributed by atoms with E-state index in [1.165, 1.54) is 6.92 Å². The molecule has 0 radical (unpaired) electrons. The predicted molar refractivity (Wildman–Crippen MR) is 128 cm³/mol. The number of benzene rings is 2. The van der Waals surface area contributed by atoms with Gasteiger partial charge in [0.05, 0.1) is 20.8 Å². The predicted octanol–water partition coefficient (Wildman–Crippen LogP) is 2.58. The third-order valence-corrected chi connectivity index (χ3v) is 4.99. The van der Waals surface area contributed by atoms with Crippen LogP contribution in [-0.4, -0.2) is 59.0 Å². The number of amides is 2. The Hall–Kier alpha value is -4.67. The van der Waals surface area contributed by atoms with Crippen LogP contribution >= 0.6 is 0 Å². The quantitative estimate of drug-likeness (QED) is 0.353. The van der Waals surface area contributed by atoms with Gasteiger partial charge in [-0.2, -0.15) is 4.52 Å². The summed E-state index contributed by atoms with van der Waals surface area (Å²) in [6.07, 6.45) is 0. The van der Waals surface area contributed by atoms with E-state index < -0.39 is 0 Å². The fraction of sp³-hybridized carbons (Fsp3) is 0.208. The van der Waals surface area contributed by atoms with Crippen molar-refractivity contribution in [2.75, 3.05) is 32.7 Å². The van der Waals surface area contributed by atoms with Crippen molar-refractivity contribution in [3.8, 4) is 28.8 Å². The lowest BCUT2D eigenvalue weighted by Gasteiger charge is -2.09. The number of carbonyl (C=O) groups excluding carboxylic acids is 2. The average molecular weight is 476 g/mol. The number of nitrogens with zero attached hydrogens (tertiary/aromatic N) is 4. The van der Waals surface area contributed by atoms with Gasteiger partial charge in [0.1, 0.15) is 6.61 Å². The number of aromatic nitrogens is 4. The Morgan fingerprint density at radius 1 is 0.943 bits per heavy atom. The molecule has 0 aliphatic rings. The number of fused-ring (bicyclic) bond motifs is 1. The summed E-state index contributed by atoms with van der Waals surface area (Å²) < 4.78 is 17.9. The molecular weight excluding hydrogens is 452 g/mol. The van der Waals surface area contributed by atoms with Gasteiger partial charge in [-0.15, -0.1) is 15.3 Å². The van der Waals surface area contributed by atoms with Gasteiger partial charge in [0.15, 0.2) is 23.0 Å². The van der Waals surface area contributed by atoms with E-state index >= 15 is 0 Å². The van der Waals surface area contributed by atoms with Crippen LogP contribution in [0, 0.1) is 0 Å². The van der Waals surface area contributed by atoms with E-state index in [2.05, 4.69) is 25.9 Å². The Balaban J connectivity index is 1.38. The normalized spacial score (nSPS) is 10.6. The van der Waals surface area contributed by atoms with E-state index in [0.717, 1.165) is 5.56 Å². The largest absolute Gasteiger partial charge is 0.493 e. The maximum Gasteiger partial charge on any atom is 0.251 e. The van der Waals surface area contributed by atoms with Gasteiger partial charge in [-0.25, -0.2) is 0 Å². The number of hydrogen-bond donors (Lipinski definition) is 2. The summed E-state index contributed by atoms with van der Waals surface area (Å²) in [6, 6.07) is 15.5. The summed E-state index contributed by atoms with van der Waals surface area (Å²) in [4.78, 5) is 23.4. The van der Waals surface area contributed by atoms with Gasteiger partial charge in [0.25, 0.3) is 5.91 Å². The third-order valence-electron chi connectivity index (χ3n) is 4.99. The molecule has 35 heavy (non-hydrogen) atoms. The molecule has 4 aromatic rings. The van der Waals surface area contributed by atoms with Crippen LogP contribution < -0.4 is 24.8 Å². The molecule has 0 atom stereocenters. The number of methoxy groups -OCH3 is 2. The lowest BCUT2D eigenvalue weighted by atomic mass is 10.2. The molecule has 4 rings (SSSR count). The van der Waals surface area contributed by atoms with Crippen molar-refractivity contribution in [1.82, 2.24) is 25.1 Å². The minimum absolute atomic E-state index is 0.173. The SMILES string of the molecule is COc1ccc(-c2nnc3ccc(OCCNC(=O)c4ccc(NC(C)=O)cc4)nn23)cc1OC. The second-order valence-electron chi connectivity index (χ2n) is 7.40. The lowest BCUT2D eigenvalue weighted by Crippen LogP contribution is -2.28. The second-order valence-corrected chi connectivity index (χ2v) is 7.40. The molecule has 2 N–H and O–H groups in total. The van der Waals surface area contributed by atoms with Crippen LogP contribution in [0.1, 0.15) is 17.3 Å². The van der Waals surface area contributed by atoms with Gasteiger partial charge < -0.3 is 24.8 Å². The molecule has 0 bridgehead atoms. The zero-order chi connectivity index (χ0) is 24.8. The second kappa shape index (κ2) is 10.5. The summed E-state index contributed by atoms with van der Waals surface area (Å²) in [5, 5.41) is 18.3. The third kappa shape index (κ3) is 5.46. The number of anilines is 1. The molecule has 2 aromatic heterocycles. The Morgan fingerprint density at radius 2 is 1.71 bits per heavy atom. The molecular formula is C24H24N6O5. The highest BCUT2D eigenvalue weighted by Crippen LogP contribution is 2.31. The van der Waals surface area contributed by atoms with Crippen LogP contribution in [0.15, 0.2) is 54.6 Å². The zero-order valence-corrected chi connectivity index (χ0v) is 19.4. The van der Waals surface area contributed by atoms with E-state index in [4.69, 9.17) is 14.2 Å². The Bertz CT molecular complexity index is 1350. The van der Waals surface area contributed by atoms with Gasteiger partial charge in [0, 0.05) is 29.8 Å². The highest BCUT2D eigenvalue weighted by molar-refractivity contribution is 5.95. The summed E-state index contributed by atoms with van der Waals surface area (Å²) in [6.45, 7) is 1.91. The molecule has 0 aliphatic carbocycles. The molecule has 0 unspecified atom stereocenters.